The second kappa shape index (κ2) is 12.3. The van der Waals surface area contributed by atoms with Crippen LogP contribution in [0.25, 0.3) is 20.5 Å². The van der Waals surface area contributed by atoms with Crippen molar-refractivity contribution in [2.75, 3.05) is 13.2 Å². The third kappa shape index (κ3) is 6.26. The highest BCUT2D eigenvalue weighted by Crippen LogP contribution is 2.47. The molecule has 6 rings (SSSR count). The fraction of sp³-hybridized carbons (Fsp3) is 0.364. The first kappa shape index (κ1) is 26.7. The van der Waals surface area contributed by atoms with E-state index in [0.29, 0.717) is 24.0 Å². The number of aromatic hydroxyl groups is 1. The van der Waals surface area contributed by atoms with Gasteiger partial charge in [-0.1, -0.05) is 31.4 Å². The molecular formula is C33H36N2O4S. The van der Waals surface area contributed by atoms with Gasteiger partial charge in [0.1, 0.15) is 17.2 Å². The Hall–Kier alpha value is -3.55. The lowest BCUT2D eigenvalue weighted by Gasteiger charge is -2.23. The molecule has 1 amide bonds. The molecule has 208 valence electrons. The van der Waals surface area contributed by atoms with Gasteiger partial charge in [-0.05, 0) is 98.8 Å². The van der Waals surface area contributed by atoms with Gasteiger partial charge >= 0.3 is 0 Å². The number of phenolic OH excluding ortho intramolecular Hbond substituents is 1. The molecule has 1 aliphatic heterocycles. The first-order chi connectivity index (χ1) is 19.6. The van der Waals surface area contributed by atoms with E-state index in [4.69, 9.17) is 9.47 Å². The number of rotatable bonds is 9. The van der Waals surface area contributed by atoms with E-state index in [2.05, 4.69) is 10.6 Å². The van der Waals surface area contributed by atoms with Gasteiger partial charge < -0.3 is 25.2 Å². The van der Waals surface area contributed by atoms with Crippen molar-refractivity contribution in [1.82, 2.24) is 10.6 Å². The van der Waals surface area contributed by atoms with E-state index in [1.54, 1.807) is 23.5 Å². The highest BCUT2D eigenvalue weighted by molar-refractivity contribution is 7.22. The van der Waals surface area contributed by atoms with E-state index in [9.17, 15) is 9.90 Å². The van der Waals surface area contributed by atoms with Crippen molar-refractivity contribution in [1.29, 1.82) is 0 Å². The van der Waals surface area contributed by atoms with Gasteiger partial charge in [0.2, 0.25) is 0 Å². The van der Waals surface area contributed by atoms with Crippen LogP contribution in [0.1, 0.15) is 61.7 Å². The summed E-state index contributed by atoms with van der Waals surface area (Å²) < 4.78 is 13.4. The maximum Gasteiger partial charge on any atom is 0.251 e. The minimum absolute atomic E-state index is 0.0199. The minimum Gasteiger partial charge on any atom is -0.508 e. The number of hydrogen-bond acceptors (Lipinski definition) is 6. The van der Waals surface area contributed by atoms with E-state index >= 15 is 0 Å². The quantitative estimate of drug-likeness (QED) is 0.197. The summed E-state index contributed by atoms with van der Waals surface area (Å²) in [5.41, 5.74) is 1.62. The van der Waals surface area contributed by atoms with Crippen molar-refractivity contribution >= 4 is 27.3 Å². The van der Waals surface area contributed by atoms with Crippen molar-refractivity contribution in [3.8, 4) is 33.4 Å². The fourth-order valence-electron chi connectivity index (χ4n) is 5.68. The van der Waals surface area contributed by atoms with Gasteiger partial charge in [0, 0.05) is 27.7 Å². The molecule has 0 spiro atoms. The van der Waals surface area contributed by atoms with Crippen molar-refractivity contribution < 1.29 is 19.4 Å². The number of carbonyl (C=O) groups is 1. The van der Waals surface area contributed by atoms with Crippen LogP contribution in [0.15, 0.2) is 66.7 Å². The van der Waals surface area contributed by atoms with Gasteiger partial charge in [-0.3, -0.25) is 4.79 Å². The molecule has 40 heavy (non-hydrogen) atoms. The summed E-state index contributed by atoms with van der Waals surface area (Å²) in [5.74, 6) is 2.47. The molecule has 2 fully saturated rings. The maximum atomic E-state index is 12.7. The number of hydrogen-bond donors (Lipinski definition) is 3. The smallest absolute Gasteiger partial charge is 0.251 e. The summed E-state index contributed by atoms with van der Waals surface area (Å²) in [6, 6.07) is 21.6. The molecule has 0 radical (unpaired) electrons. The van der Waals surface area contributed by atoms with E-state index in [0.717, 1.165) is 57.8 Å². The van der Waals surface area contributed by atoms with E-state index < -0.39 is 0 Å². The highest BCUT2D eigenvalue weighted by atomic mass is 32.1. The molecule has 1 unspecified atom stereocenters. The Labute approximate surface area is 239 Å². The van der Waals surface area contributed by atoms with Gasteiger partial charge in [0.15, 0.2) is 5.75 Å². The summed E-state index contributed by atoms with van der Waals surface area (Å²) in [4.78, 5) is 13.7. The predicted octanol–water partition coefficient (Wildman–Crippen LogP) is 7.65. The first-order valence-electron chi connectivity index (χ1n) is 14.4. The van der Waals surface area contributed by atoms with Crippen LogP contribution in [0.5, 0.6) is 23.0 Å². The molecule has 1 aromatic heterocycles. The molecule has 7 heteroatoms. The molecule has 3 N–H and O–H groups in total. The van der Waals surface area contributed by atoms with Gasteiger partial charge in [-0.2, -0.15) is 0 Å². The largest absolute Gasteiger partial charge is 0.508 e. The molecular weight excluding hydrogens is 520 g/mol. The van der Waals surface area contributed by atoms with Gasteiger partial charge in [0.25, 0.3) is 5.91 Å². The molecule has 1 saturated carbocycles. The van der Waals surface area contributed by atoms with E-state index in [1.165, 1.54) is 32.1 Å². The lowest BCUT2D eigenvalue weighted by atomic mass is 10.0. The van der Waals surface area contributed by atoms with Crippen LogP contribution in [0.3, 0.4) is 0 Å². The number of ether oxygens (including phenoxy) is 2. The zero-order valence-electron chi connectivity index (χ0n) is 22.7. The van der Waals surface area contributed by atoms with Gasteiger partial charge in [-0.25, -0.2) is 0 Å². The predicted molar refractivity (Wildman–Crippen MR) is 161 cm³/mol. The Morgan fingerprint density at radius 1 is 0.925 bits per heavy atom. The molecule has 0 bridgehead atoms. The zero-order chi connectivity index (χ0) is 27.3. The molecule has 3 aromatic carbocycles. The van der Waals surface area contributed by atoms with Gasteiger partial charge in [0.05, 0.1) is 11.5 Å². The van der Waals surface area contributed by atoms with Crippen LogP contribution in [0, 0.1) is 0 Å². The topological polar surface area (TPSA) is 79.8 Å². The summed E-state index contributed by atoms with van der Waals surface area (Å²) in [6.07, 6.45) is 9.28. The Morgan fingerprint density at radius 2 is 1.68 bits per heavy atom. The Kier molecular flexibility index (Phi) is 8.21. The lowest BCUT2D eigenvalue weighted by Crippen LogP contribution is -2.35. The normalized spacial score (nSPS) is 17.6. The number of benzene rings is 3. The molecule has 1 saturated heterocycles. The zero-order valence-corrected chi connectivity index (χ0v) is 23.5. The lowest BCUT2D eigenvalue weighted by molar-refractivity contribution is 0.0938. The minimum atomic E-state index is -0.0199. The van der Waals surface area contributed by atoms with Crippen LogP contribution < -0.4 is 20.1 Å². The summed E-state index contributed by atoms with van der Waals surface area (Å²) in [7, 11) is 0. The third-order valence-corrected chi connectivity index (χ3v) is 9.10. The van der Waals surface area contributed by atoms with E-state index in [-0.39, 0.29) is 17.7 Å². The molecule has 2 aliphatic rings. The fourth-order valence-corrected chi connectivity index (χ4v) is 6.84. The number of piperidine rings is 1. The number of phenols is 1. The second-order valence-electron chi connectivity index (χ2n) is 10.8. The highest BCUT2D eigenvalue weighted by Gasteiger charge is 2.20. The van der Waals surface area contributed by atoms with Crippen LogP contribution in [0.4, 0.5) is 0 Å². The molecule has 1 aliphatic carbocycles. The number of amides is 1. The summed E-state index contributed by atoms with van der Waals surface area (Å²) in [5, 5.41) is 17.7. The third-order valence-electron chi connectivity index (χ3n) is 7.92. The Balaban J connectivity index is 1.18. The second-order valence-corrected chi connectivity index (χ2v) is 11.9. The van der Waals surface area contributed by atoms with Crippen LogP contribution in [-0.2, 0) is 0 Å². The van der Waals surface area contributed by atoms with Crippen molar-refractivity contribution in [2.24, 2.45) is 0 Å². The number of fused-ring (bicyclic) bond motifs is 1. The van der Waals surface area contributed by atoms with Gasteiger partial charge in [-0.15, -0.1) is 11.3 Å². The summed E-state index contributed by atoms with van der Waals surface area (Å²) in [6.45, 7) is 1.80. The monoisotopic (exact) mass is 556 g/mol. The van der Waals surface area contributed by atoms with E-state index in [1.807, 2.05) is 54.6 Å². The number of carbonyl (C=O) groups excluding carboxylic acids is 1. The molecule has 4 aromatic rings. The maximum absolute atomic E-state index is 12.7. The average Bonchev–Trinajstić information content (AvgIpc) is 3.62. The van der Waals surface area contributed by atoms with Crippen molar-refractivity contribution in [3.63, 3.8) is 0 Å². The first-order valence-corrected chi connectivity index (χ1v) is 15.2. The molecule has 6 nitrogen and oxygen atoms in total. The van der Waals surface area contributed by atoms with Crippen LogP contribution in [-0.4, -0.2) is 36.2 Å². The van der Waals surface area contributed by atoms with Crippen molar-refractivity contribution in [2.45, 2.75) is 63.5 Å². The molecule has 1 atom stereocenters. The Morgan fingerprint density at radius 3 is 2.42 bits per heavy atom. The summed E-state index contributed by atoms with van der Waals surface area (Å²) >= 11 is 1.56. The number of nitrogens with one attached hydrogen (secondary N) is 2. The SMILES string of the molecule is O=C(NC1CCCC1)c1ccc(-c2sc3cc(O)ccc3c2Oc2ccc(OCCC3CCCCN3)cc2)cc1. The van der Waals surface area contributed by atoms with Crippen LogP contribution in [0.2, 0.25) is 0 Å². The Bertz CT molecular complexity index is 1440. The number of thiophene rings is 1. The standard InChI is InChI=1S/C33H36N2O4S/c36-26-12-17-29-30(21-26)40-32(22-8-10-23(11-9-22)33(37)35-25-6-1-2-7-25)31(29)39-28-15-13-27(14-16-28)38-20-18-24-5-3-4-19-34-24/h8-17,21,24-25,34,36H,1-7,18-20H2,(H,35,37). The molecule has 2 heterocycles. The van der Waals surface area contributed by atoms with Crippen molar-refractivity contribution in [3.05, 3.63) is 72.3 Å². The van der Waals surface area contributed by atoms with Crippen LogP contribution >= 0.6 is 11.3 Å². The average molecular weight is 557 g/mol.